The number of nitrogens with zero attached hydrogens (tertiary/aromatic N) is 3. The smallest absolute Gasteiger partial charge is 0.217 e. The number of aromatic nitrogens is 2. The van der Waals surface area contributed by atoms with E-state index in [4.69, 9.17) is 16.3 Å². The van der Waals surface area contributed by atoms with Crippen LogP contribution in [-0.4, -0.2) is 42.1 Å². The first-order valence-electron chi connectivity index (χ1n) is 6.63. The van der Waals surface area contributed by atoms with Crippen LogP contribution in [0.4, 0.5) is 5.82 Å². The maximum absolute atomic E-state index is 11.0. The predicted molar refractivity (Wildman–Crippen MR) is 76.8 cm³/mol. The Hall–Kier alpha value is -1.40. The second kappa shape index (κ2) is 6.85. The van der Waals surface area contributed by atoms with Crippen LogP contribution < -0.4 is 10.2 Å². The number of anilines is 1. The average molecular weight is 299 g/mol. The van der Waals surface area contributed by atoms with Crippen molar-refractivity contribution in [3.8, 4) is 0 Å². The number of piperidine rings is 1. The monoisotopic (exact) mass is 298 g/mol. The molecule has 0 aromatic carbocycles. The molecule has 7 heteroatoms. The lowest BCUT2D eigenvalue weighted by Crippen LogP contribution is -2.44. The normalized spacial score (nSPS) is 16.2. The Morgan fingerprint density at radius 1 is 1.50 bits per heavy atom. The number of ether oxygens (including phenoxy) is 1. The summed E-state index contributed by atoms with van der Waals surface area (Å²) in [5.74, 6) is 1.42. The fourth-order valence-corrected chi connectivity index (χ4v) is 2.54. The third-order valence-electron chi connectivity index (χ3n) is 3.23. The van der Waals surface area contributed by atoms with Crippen LogP contribution >= 0.6 is 11.6 Å². The van der Waals surface area contributed by atoms with Gasteiger partial charge in [-0.05, 0) is 12.8 Å². The SMILES string of the molecule is COCc1nc(Cl)cc(N2CCC(NC(C)=O)CC2)n1. The maximum Gasteiger partial charge on any atom is 0.217 e. The lowest BCUT2D eigenvalue weighted by atomic mass is 10.1. The lowest BCUT2D eigenvalue weighted by molar-refractivity contribution is -0.119. The summed E-state index contributed by atoms with van der Waals surface area (Å²) in [4.78, 5) is 21.8. The molecule has 110 valence electrons. The summed E-state index contributed by atoms with van der Waals surface area (Å²) < 4.78 is 5.04. The van der Waals surface area contributed by atoms with Gasteiger partial charge in [0, 0.05) is 39.2 Å². The number of hydrogen-bond acceptors (Lipinski definition) is 5. The molecule has 0 aliphatic carbocycles. The molecule has 2 heterocycles. The minimum absolute atomic E-state index is 0.0240. The molecule has 1 aromatic heterocycles. The van der Waals surface area contributed by atoms with Crippen molar-refractivity contribution in [2.24, 2.45) is 0 Å². The van der Waals surface area contributed by atoms with Crippen molar-refractivity contribution in [1.29, 1.82) is 0 Å². The van der Waals surface area contributed by atoms with E-state index in [-0.39, 0.29) is 11.9 Å². The summed E-state index contributed by atoms with van der Waals surface area (Å²) in [6.45, 7) is 3.57. The molecule has 1 fully saturated rings. The summed E-state index contributed by atoms with van der Waals surface area (Å²) in [7, 11) is 1.60. The highest BCUT2D eigenvalue weighted by Crippen LogP contribution is 2.21. The lowest BCUT2D eigenvalue weighted by Gasteiger charge is -2.33. The van der Waals surface area contributed by atoms with Crippen molar-refractivity contribution in [3.63, 3.8) is 0 Å². The van der Waals surface area contributed by atoms with Gasteiger partial charge in [0.15, 0.2) is 5.82 Å². The van der Waals surface area contributed by atoms with E-state index in [2.05, 4.69) is 20.2 Å². The number of amides is 1. The fourth-order valence-electron chi connectivity index (χ4n) is 2.35. The fraction of sp³-hybridized carbons (Fsp3) is 0.615. The molecule has 20 heavy (non-hydrogen) atoms. The van der Waals surface area contributed by atoms with E-state index in [1.165, 1.54) is 0 Å². The number of rotatable bonds is 4. The van der Waals surface area contributed by atoms with Crippen LogP contribution in [0.15, 0.2) is 6.07 Å². The maximum atomic E-state index is 11.0. The van der Waals surface area contributed by atoms with Crippen molar-refractivity contribution >= 4 is 23.3 Å². The van der Waals surface area contributed by atoms with E-state index in [0.717, 1.165) is 31.7 Å². The van der Waals surface area contributed by atoms with Gasteiger partial charge in [-0.2, -0.15) is 0 Å². The first kappa shape index (κ1) is 15.0. The summed E-state index contributed by atoms with van der Waals surface area (Å²) in [6, 6.07) is 2.01. The van der Waals surface area contributed by atoms with E-state index in [0.29, 0.717) is 17.6 Å². The molecule has 1 aliphatic heterocycles. The molecule has 0 radical (unpaired) electrons. The zero-order valence-electron chi connectivity index (χ0n) is 11.7. The zero-order chi connectivity index (χ0) is 14.5. The molecular formula is C13H19ClN4O2. The summed E-state index contributed by atoms with van der Waals surface area (Å²) in [6.07, 6.45) is 1.81. The van der Waals surface area contributed by atoms with Crippen LogP contribution in [0, 0.1) is 0 Å². The quantitative estimate of drug-likeness (QED) is 0.851. The summed E-state index contributed by atoms with van der Waals surface area (Å²) in [5.41, 5.74) is 0. The minimum atomic E-state index is 0.0240. The highest BCUT2D eigenvalue weighted by molar-refractivity contribution is 6.29. The second-order valence-electron chi connectivity index (χ2n) is 4.86. The van der Waals surface area contributed by atoms with Crippen molar-refractivity contribution in [2.75, 3.05) is 25.1 Å². The van der Waals surface area contributed by atoms with Gasteiger partial charge in [-0.25, -0.2) is 9.97 Å². The number of nitrogens with one attached hydrogen (secondary N) is 1. The summed E-state index contributed by atoms with van der Waals surface area (Å²) >= 11 is 6.01. The standard InChI is InChI=1S/C13H19ClN4O2/c1-9(19)15-10-3-5-18(6-4-10)13-7-11(14)16-12(17-13)8-20-2/h7,10H,3-6,8H2,1-2H3,(H,15,19). The Morgan fingerprint density at radius 2 is 2.20 bits per heavy atom. The van der Waals surface area contributed by atoms with Gasteiger partial charge in [0.2, 0.25) is 5.91 Å². The number of methoxy groups -OCH3 is 1. The van der Waals surface area contributed by atoms with Crippen LogP contribution in [0.2, 0.25) is 5.15 Å². The highest BCUT2D eigenvalue weighted by Gasteiger charge is 2.21. The Labute approximate surface area is 123 Å². The van der Waals surface area contributed by atoms with Crippen molar-refractivity contribution in [2.45, 2.75) is 32.4 Å². The predicted octanol–water partition coefficient (Wildman–Crippen LogP) is 1.38. The van der Waals surface area contributed by atoms with Crippen LogP contribution in [0.25, 0.3) is 0 Å². The molecule has 0 spiro atoms. The third kappa shape index (κ3) is 4.05. The van der Waals surface area contributed by atoms with E-state index in [9.17, 15) is 4.79 Å². The molecule has 0 bridgehead atoms. The van der Waals surface area contributed by atoms with Gasteiger partial charge in [-0.3, -0.25) is 4.79 Å². The van der Waals surface area contributed by atoms with Gasteiger partial charge >= 0.3 is 0 Å². The Morgan fingerprint density at radius 3 is 2.80 bits per heavy atom. The Kier molecular flexibility index (Phi) is 5.14. The topological polar surface area (TPSA) is 67.3 Å². The molecule has 1 aliphatic rings. The second-order valence-corrected chi connectivity index (χ2v) is 5.25. The van der Waals surface area contributed by atoms with Crippen LogP contribution in [0.3, 0.4) is 0 Å². The number of carbonyl (C=O) groups is 1. The Bertz CT molecular complexity index is 475. The van der Waals surface area contributed by atoms with Crippen LogP contribution in [-0.2, 0) is 16.1 Å². The van der Waals surface area contributed by atoms with Crippen LogP contribution in [0.1, 0.15) is 25.6 Å². The molecule has 1 amide bonds. The van der Waals surface area contributed by atoms with Crippen molar-refractivity contribution in [3.05, 3.63) is 17.0 Å². The molecule has 0 saturated carbocycles. The number of halogens is 1. The van der Waals surface area contributed by atoms with E-state index >= 15 is 0 Å². The largest absolute Gasteiger partial charge is 0.377 e. The Balaban J connectivity index is 2.01. The molecule has 1 aromatic rings. The molecule has 6 nitrogen and oxygen atoms in total. The van der Waals surface area contributed by atoms with Gasteiger partial charge in [0.1, 0.15) is 17.6 Å². The van der Waals surface area contributed by atoms with E-state index < -0.39 is 0 Å². The van der Waals surface area contributed by atoms with Gasteiger partial charge in [-0.15, -0.1) is 0 Å². The van der Waals surface area contributed by atoms with Gasteiger partial charge in [-0.1, -0.05) is 11.6 Å². The van der Waals surface area contributed by atoms with Crippen molar-refractivity contribution < 1.29 is 9.53 Å². The molecule has 0 atom stereocenters. The van der Waals surface area contributed by atoms with E-state index in [1.807, 2.05) is 0 Å². The van der Waals surface area contributed by atoms with Crippen LogP contribution in [0.5, 0.6) is 0 Å². The van der Waals surface area contributed by atoms with Gasteiger partial charge in [0.25, 0.3) is 0 Å². The zero-order valence-corrected chi connectivity index (χ0v) is 12.5. The van der Waals surface area contributed by atoms with Gasteiger partial charge < -0.3 is 15.0 Å². The molecule has 1 N–H and O–H groups in total. The number of carbonyl (C=O) groups excluding carboxylic acids is 1. The first-order chi connectivity index (χ1) is 9.58. The average Bonchev–Trinajstić information content (AvgIpc) is 2.38. The minimum Gasteiger partial charge on any atom is -0.377 e. The first-order valence-corrected chi connectivity index (χ1v) is 7.00. The van der Waals surface area contributed by atoms with Gasteiger partial charge in [0.05, 0.1) is 0 Å². The molecule has 0 unspecified atom stereocenters. The van der Waals surface area contributed by atoms with Crippen molar-refractivity contribution in [1.82, 2.24) is 15.3 Å². The third-order valence-corrected chi connectivity index (χ3v) is 3.42. The molecular weight excluding hydrogens is 280 g/mol. The molecule has 1 saturated heterocycles. The number of hydrogen-bond donors (Lipinski definition) is 1. The molecule has 2 rings (SSSR count). The van der Waals surface area contributed by atoms with E-state index in [1.54, 1.807) is 20.1 Å². The highest BCUT2D eigenvalue weighted by atomic mass is 35.5. The summed E-state index contributed by atoms with van der Waals surface area (Å²) in [5, 5.41) is 3.37.